The van der Waals surface area contributed by atoms with Crippen molar-refractivity contribution in [2.45, 2.75) is 18.9 Å². The number of anilines is 1. The van der Waals surface area contributed by atoms with E-state index in [1.165, 1.54) is 12.8 Å². The zero-order valence-electron chi connectivity index (χ0n) is 7.14. The first-order chi connectivity index (χ1) is 6.34. The fourth-order valence-electron chi connectivity index (χ4n) is 1.54. The molecule has 0 saturated heterocycles. The first kappa shape index (κ1) is 6.88. The van der Waals surface area contributed by atoms with Crippen molar-refractivity contribution in [3.8, 4) is 0 Å². The molecule has 0 spiro atoms. The zero-order chi connectivity index (χ0) is 8.84. The van der Waals surface area contributed by atoms with Crippen molar-refractivity contribution < 1.29 is 0 Å². The van der Waals surface area contributed by atoms with E-state index in [9.17, 15) is 0 Å². The van der Waals surface area contributed by atoms with E-state index in [1.54, 1.807) is 0 Å². The largest absolute Gasteiger partial charge is 0.399 e. The van der Waals surface area contributed by atoms with E-state index in [0.29, 0.717) is 6.04 Å². The third-order valence-corrected chi connectivity index (χ3v) is 2.39. The number of aromatic nitrogens is 3. The third kappa shape index (κ3) is 0.983. The van der Waals surface area contributed by atoms with Crippen LogP contribution in [0.1, 0.15) is 18.9 Å². The second-order valence-electron chi connectivity index (χ2n) is 3.51. The second-order valence-corrected chi connectivity index (χ2v) is 3.51. The van der Waals surface area contributed by atoms with Crippen LogP contribution in [0.25, 0.3) is 11.0 Å². The summed E-state index contributed by atoms with van der Waals surface area (Å²) < 4.78 is 1.98. The van der Waals surface area contributed by atoms with Crippen LogP contribution in [-0.4, -0.2) is 15.0 Å². The summed E-state index contributed by atoms with van der Waals surface area (Å²) in [7, 11) is 0. The number of nitrogen functional groups attached to an aromatic ring is 1. The van der Waals surface area contributed by atoms with Crippen molar-refractivity contribution in [2.24, 2.45) is 0 Å². The Morgan fingerprint density at radius 2 is 2.23 bits per heavy atom. The van der Waals surface area contributed by atoms with E-state index >= 15 is 0 Å². The fourth-order valence-corrected chi connectivity index (χ4v) is 1.54. The second kappa shape index (κ2) is 2.22. The lowest BCUT2D eigenvalue weighted by molar-refractivity contribution is 0.630. The standard InChI is InChI=1S/C9H10N4/c10-6-1-4-8-9(5-6)13(12-11-8)7-2-3-7/h1,4-5,7H,2-3,10H2. The van der Waals surface area contributed by atoms with Crippen LogP contribution in [0.15, 0.2) is 18.2 Å². The molecule has 1 aliphatic carbocycles. The van der Waals surface area contributed by atoms with Crippen LogP contribution in [0.2, 0.25) is 0 Å². The molecule has 0 radical (unpaired) electrons. The van der Waals surface area contributed by atoms with E-state index in [-0.39, 0.29) is 0 Å². The average molecular weight is 174 g/mol. The zero-order valence-corrected chi connectivity index (χ0v) is 7.14. The summed E-state index contributed by atoms with van der Waals surface area (Å²) in [4.78, 5) is 0. The molecule has 0 bridgehead atoms. The van der Waals surface area contributed by atoms with Gasteiger partial charge in [0.1, 0.15) is 5.52 Å². The molecule has 3 rings (SSSR count). The van der Waals surface area contributed by atoms with E-state index in [1.807, 2.05) is 22.9 Å². The molecular weight excluding hydrogens is 164 g/mol. The van der Waals surface area contributed by atoms with E-state index in [4.69, 9.17) is 5.73 Å². The topological polar surface area (TPSA) is 56.7 Å². The first-order valence-electron chi connectivity index (χ1n) is 4.45. The summed E-state index contributed by atoms with van der Waals surface area (Å²) in [5.41, 5.74) is 8.47. The average Bonchev–Trinajstić information content (AvgIpc) is 2.87. The first-order valence-corrected chi connectivity index (χ1v) is 4.45. The van der Waals surface area contributed by atoms with Crippen LogP contribution in [0.5, 0.6) is 0 Å². The summed E-state index contributed by atoms with van der Waals surface area (Å²) in [5, 5.41) is 8.19. The van der Waals surface area contributed by atoms with Gasteiger partial charge in [0.15, 0.2) is 0 Å². The molecule has 0 aliphatic heterocycles. The summed E-state index contributed by atoms with van der Waals surface area (Å²) in [6.07, 6.45) is 2.43. The van der Waals surface area contributed by atoms with Crippen molar-refractivity contribution >= 4 is 16.7 Å². The molecule has 4 nitrogen and oxygen atoms in total. The van der Waals surface area contributed by atoms with Gasteiger partial charge >= 0.3 is 0 Å². The van der Waals surface area contributed by atoms with Crippen LogP contribution in [0.4, 0.5) is 5.69 Å². The highest BCUT2D eigenvalue weighted by atomic mass is 15.4. The maximum atomic E-state index is 5.70. The number of fused-ring (bicyclic) bond motifs is 1. The monoisotopic (exact) mass is 174 g/mol. The predicted octanol–water partition coefficient (Wildman–Crippen LogP) is 1.35. The lowest BCUT2D eigenvalue weighted by Crippen LogP contribution is -1.96. The van der Waals surface area contributed by atoms with Crippen LogP contribution >= 0.6 is 0 Å². The fraction of sp³-hybridized carbons (Fsp3) is 0.333. The Hall–Kier alpha value is -1.58. The highest BCUT2D eigenvalue weighted by Gasteiger charge is 2.26. The Bertz CT molecular complexity index is 456. The van der Waals surface area contributed by atoms with Crippen LogP contribution in [-0.2, 0) is 0 Å². The number of hydrogen-bond acceptors (Lipinski definition) is 3. The van der Waals surface area contributed by atoms with E-state index in [2.05, 4.69) is 10.3 Å². The minimum absolute atomic E-state index is 0.562. The maximum absolute atomic E-state index is 5.70. The molecule has 1 fully saturated rings. The molecule has 1 saturated carbocycles. The number of rotatable bonds is 1. The van der Waals surface area contributed by atoms with Gasteiger partial charge in [-0.05, 0) is 31.0 Å². The van der Waals surface area contributed by atoms with Gasteiger partial charge in [0, 0.05) is 5.69 Å². The van der Waals surface area contributed by atoms with Crippen molar-refractivity contribution in [1.29, 1.82) is 0 Å². The molecule has 1 aliphatic rings. The number of nitrogens with two attached hydrogens (primary N) is 1. The maximum Gasteiger partial charge on any atom is 0.113 e. The Labute approximate surface area is 75.3 Å². The number of benzene rings is 1. The van der Waals surface area contributed by atoms with Crippen molar-refractivity contribution in [3.63, 3.8) is 0 Å². The normalized spacial score (nSPS) is 16.6. The van der Waals surface area contributed by atoms with Crippen LogP contribution in [0, 0.1) is 0 Å². The van der Waals surface area contributed by atoms with E-state index in [0.717, 1.165) is 16.7 Å². The Kier molecular flexibility index (Phi) is 1.17. The van der Waals surface area contributed by atoms with Gasteiger partial charge in [-0.2, -0.15) is 0 Å². The van der Waals surface area contributed by atoms with Crippen LogP contribution < -0.4 is 5.73 Å². The van der Waals surface area contributed by atoms with Gasteiger partial charge in [0.05, 0.1) is 11.6 Å². The smallest absolute Gasteiger partial charge is 0.113 e. The van der Waals surface area contributed by atoms with Gasteiger partial charge in [0.25, 0.3) is 0 Å². The Morgan fingerprint density at radius 1 is 1.38 bits per heavy atom. The minimum Gasteiger partial charge on any atom is -0.399 e. The van der Waals surface area contributed by atoms with E-state index < -0.39 is 0 Å². The number of nitrogens with zero attached hydrogens (tertiary/aromatic N) is 3. The van der Waals surface area contributed by atoms with Gasteiger partial charge in [-0.25, -0.2) is 4.68 Å². The van der Waals surface area contributed by atoms with Crippen LogP contribution in [0.3, 0.4) is 0 Å². The molecule has 2 aromatic rings. The summed E-state index contributed by atoms with van der Waals surface area (Å²) in [5.74, 6) is 0. The lowest BCUT2D eigenvalue weighted by Gasteiger charge is -1.98. The summed E-state index contributed by atoms with van der Waals surface area (Å²) in [6, 6.07) is 6.27. The van der Waals surface area contributed by atoms with Crippen molar-refractivity contribution in [1.82, 2.24) is 15.0 Å². The molecule has 1 aromatic heterocycles. The highest BCUT2D eigenvalue weighted by molar-refractivity contribution is 5.78. The molecule has 1 heterocycles. The highest BCUT2D eigenvalue weighted by Crippen LogP contribution is 2.36. The molecule has 13 heavy (non-hydrogen) atoms. The Morgan fingerprint density at radius 3 is 3.00 bits per heavy atom. The summed E-state index contributed by atoms with van der Waals surface area (Å²) >= 11 is 0. The minimum atomic E-state index is 0.562. The predicted molar refractivity (Wildman–Crippen MR) is 50.2 cm³/mol. The molecule has 0 atom stereocenters. The molecule has 4 heteroatoms. The Balaban J connectivity index is 2.29. The molecule has 66 valence electrons. The molecule has 2 N–H and O–H groups in total. The van der Waals surface area contributed by atoms with Gasteiger partial charge in [-0.1, -0.05) is 5.21 Å². The molecular formula is C9H10N4. The lowest BCUT2D eigenvalue weighted by atomic mass is 10.3. The molecule has 0 amide bonds. The van der Waals surface area contributed by atoms with Gasteiger partial charge in [-0.15, -0.1) is 5.10 Å². The van der Waals surface area contributed by atoms with Gasteiger partial charge in [-0.3, -0.25) is 0 Å². The SMILES string of the molecule is Nc1ccc2nnn(C3CC3)c2c1. The quantitative estimate of drug-likeness (QED) is 0.664. The molecule has 1 aromatic carbocycles. The number of hydrogen-bond donors (Lipinski definition) is 1. The molecule has 0 unspecified atom stereocenters. The van der Waals surface area contributed by atoms with Gasteiger partial charge < -0.3 is 5.73 Å². The third-order valence-electron chi connectivity index (χ3n) is 2.39. The summed E-state index contributed by atoms with van der Waals surface area (Å²) in [6.45, 7) is 0. The van der Waals surface area contributed by atoms with Crippen molar-refractivity contribution in [2.75, 3.05) is 5.73 Å². The van der Waals surface area contributed by atoms with Gasteiger partial charge in [0.2, 0.25) is 0 Å². The van der Waals surface area contributed by atoms with Crippen molar-refractivity contribution in [3.05, 3.63) is 18.2 Å².